The third kappa shape index (κ3) is 33.2. The van der Waals surface area contributed by atoms with E-state index in [4.69, 9.17) is 9.47 Å². The van der Waals surface area contributed by atoms with Crippen molar-refractivity contribution in [1.82, 2.24) is 15.5 Å². The number of piperazine rings is 1. The molecule has 9 heteroatoms. The lowest BCUT2D eigenvalue weighted by Gasteiger charge is -2.29. The molecule has 0 aromatic carbocycles. The van der Waals surface area contributed by atoms with Gasteiger partial charge in [-0.3, -0.25) is 24.1 Å². The average Bonchev–Trinajstić information content (AvgIpc) is 3.23. The first-order chi connectivity index (χ1) is 28.9. The molecule has 1 heterocycles. The van der Waals surface area contributed by atoms with E-state index in [1.165, 1.54) is 77.0 Å². The second-order valence-electron chi connectivity index (χ2n) is 16.3. The fourth-order valence-corrected chi connectivity index (χ4v) is 7.07. The van der Waals surface area contributed by atoms with E-state index in [2.05, 4.69) is 78.0 Å². The Bertz CT molecular complexity index is 1120. The first-order valence-corrected chi connectivity index (χ1v) is 24.1. The van der Waals surface area contributed by atoms with Gasteiger partial charge in [0.1, 0.15) is 25.3 Å². The van der Waals surface area contributed by atoms with Crippen molar-refractivity contribution in [2.45, 2.75) is 213 Å². The Morgan fingerprint density at radius 3 is 1.36 bits per heavy atom. The van der Waals surface area contributed by atoms with Crippen molar-refractivity contribution in [3.05, 3.63) is 48.6 Å². The van der Waals surface area contributed by atoms with Crippen LogP contribution in [-0.4, -0.2) is 73.6 Å². The summed E-state index contributed by atoms with van der Waals surface area (Å²) < 4.78 is 11.2. The van der Waals surface area contributed by atoms with Crippen LogP contribution in [0, 0.1) is 0 Å². The number of hydrogen-bond acceptors (Lipinski definition) is 7. The molecule has 1 aliphatic rings. The molecule has 0 radical (unpaired) electrons. The van der Waals surface area contributed by atoms with Gasteiger partial charge in [-0.2, -0.15) is 0 Å². The standard InChI is InChI=1S/C50H87N3O6/c1-4-7-9-11-13-15-17-19-21-23-25-27-29-31-33-38-47(54)58-43-41-53(40-36-35-37-46-50(57)51-45(6-3)49(56)52-46)42-44-59-48(55)39-34-32-30-28-26-24-22-20-18-16-14-12-10-8-5-2/h13-16,19-22,45-46H,4-12,17-18,23-44H2,1-3H3,(H,51,57)(H,52,56)/b15-13-,16-14-,21-19-,22-20-. The Hall–Kier alpha value is -3.20. The molecule has 0 aromatic rings. The van der Waals surface area contributed by atoms with Crippen LogP contribution in [0.2, 0.25) is 0 Å². The van der Waals surface area contributed by atoms with Crippen LogP contribution in [0.3, 0.4) is 0 Å². The minimum atomic E-state index is -0.510. The van der Waals surface area contributed by atoms with Crippen LogP contribution in [0.1, 0.15) is 201 Å². The summed E-state index contributed by atoms with van der Waals surface area (Å²) >= 11 is 0. The van der Waals surface area contributed by atoms with Crippen molar-refractivity contribution in [3.8, 4) is 0 Å². The predicted molar refractivity (Wildman–Crippen MR) is 245 cm³/mol. The van der Waals surface area contributed by atoms with Crippen LogP contribution in [0.25, 0.3) is 0 Å². The van der Waals surface area contributed by atoms with Gasteiger partial charge in [0.15, 0.2) is 0 Å². The zero-order chi connectivity index (χ0) is 42.9. The van der Waals surface area contributed by atoms with Gasteiger partial charge in [0, 0.05) is 25.9 Å². The minimum absolute atomic E-state index is 0.123. The molecular weight excluding hydrogens is 739 g/mol. The maximum absolute atomic E-state index is 12.5. The van der Waals surface area contributed by atoms with Crippen molar-refractivity contribution in [3.63, 3.8) is 0 Å². The topological polar surface area (TPSA) is 114 Å². The van der Waals surface area contributed by atoms with Crippen LogP contribution in [0.15, 0.2) is 48.6 Å². The summed E-state index contributed by atoms with van der Waals surface area (Å²) in [6.07, 6.45) is 47.0. The van der Waals surface area contributed by atoms with E-state index in [-0.39, 0.29) is 23.8 Å². The Morgan fingerprint density at radius 2 is 0.898 bits per heavy atom. The van der Waals surface area contributed by atoms with Gasteiger partial charge >= 0.3 is 11.9 Å². The lowest BCUT2D eigenvalue weighted by atomic mass is 10.0. The van der Waals surface area contributed by atoms with Crippen molar-refractivity contribution in [2.24, 2.45) is 0 Å². The van der Waals surface area contributed by atoms with E-state index >= 15 is 0 Å². The summed E-state index contributed by atoms with van der Waals surface area (Å²) in [6.45, 7) is 8.75. The van der Waals surface area contributed by atoms with E-state index in [1.54, 1.807) is 0 Å². The highest BCUT2D eigenvalue weighted by atomic mass is 16.5. The molecule has 2 atom stereocenters. The molecule has 0 saturated carbocycles. The average molecular weight is 826 g/mol. The molecule has 338 valence electrons. The van der Waals surface area contributed by atoms with E-state index in [9.17, 15) is 19.2 Å². The van der Waals surface area contributed by atoms with Gasteiger partial charge in [0.05, 0.1) is 0 Å². The van der Waals surface area contributed by atoms with Crippen LogP contribution in [-0.2, 0) is 28.7 Å². The summed E-state index contributed by atoms with van der Waals surface area (Å²) in [5.41, 5.74) is 0. The van der Waals surface area contributed by atoms with Crippen molar-refractivity contribution < 1.29 is 28.7 Å². The highest BCUT2D eigenvalue weighted by molar-refractivity contribution is 5.96. The normalized spacial score (nSPS) is 15.9. The number of allylic oxidation sites excluding steroid dienone is 8. The Balaban J connectivity index is 2.29. The zero-order valence-electron chi connectivity index (χ0n) is 38.0. The van der Waals surface area contributed by atoms with Gasteiger partial charge < -0.3 is 20.1 Å². The largest absolute Gasteiger partial charge is 0.464 e. The van der Waals surface area contributed by atoms with Gasteiger partial charge in [0.25, 0.3) is 0 Å². The van der Waals surface area contributed by atoms with Crippen molar-refractivity contribution in [2.75, 3.05) is 32.8 Å². The van der Waals surface area contributed by atoms with Gasteiger partial charge in [-0.1, -0.05) is 134 Å². The maximum Gasteiger partial charge on any atom is 0.305 e. The van der Waals surface area contributed by atoms with Crippen molar-refractivity contribution in [1.29, 1.82) is 0 Å². The minimum Gasteiger partial charge on any atom is -0.464 e. The number of amides is 2. The third-order valence-corrected chi connectivity index (χ3v) is 10.9. The quantitative estimate of drug-likeness (QED) is 0.0359. The van der Waals surface area contributed by atoms with E-state index < -0.39 is 12.1 Å². The van der Waals surface area contributed by atoms with E-state index in [1.807, 2.05) is 6.92 Å². The van der Waals surface area contributed by atoms with Gasteiger partial charge in [-0.25, -0.2) is 0 Å². The zero-order valence-corrected chi connectivity index (χ0v) is 38.0. The second-order valence-corrected chi connectivity index (χ2v) is 16.3. The molecule has 1 fully saturated rings. The molecule has 59 heavy (non-hydrogen) atoms. The Labute approximate surface area is 361 Å². The van der Waals surface area contributed by atoms with Crippen LogP contribution < -0.4 is 10.6 Å². The maximum atomic E-state index is 12.5. The summed E-state index contributed by atoms with van der Waals surface area (Å²) in [7, 11) is 0. The molecule has 0 aromatic heterocycles. The van der Waals surface area contributed by atoms with Gasteiger partial charge in [-0.05, 0) is 109 Å². The Kier molecular flexibility index (Phi) is 36.7. The van der Waals surface area contributed by atoms with Crippen molar-refractivity contribution >= 4 is 23.8 Å². The SMILES string of the molecule is CCCCC/C=C\C/C=C\CCCCCCCC(=O)OCCN(CCCCC1NC(=O)C(CC)NC1=O)CCOC(=O)CCCCCCC/C=C\C/C=C\CCCCC. The first kappa shape index (κ1) is 53.8. The molecule has 0 aliphatic carbocycles. The molecule has 1 aliphatic heterocycles. The second kappa shape index (κ2) is 40.2. The smallest absolute Gasteiger partial charge is 0.305 e. The summed E-state index contributed by atoms with van der Waals surface area (Å²) in [4.78, 5) is 51.8. The van der Waals surface area contributed by atoms with Gasteiger partial charge in [0.2, 0.25) is 11.8 Å². The number of esters is 2. The number of nitrogens with zero attached hydrogens (tertiary/aromatic N) is 1. The van der Waals surface area contributed by atoms with E-state index in [0.29, 0.717) is 58.5 Å². The molecule has 1 saturated heterocycles. The summed E-state index contributed by atoms with van der Waals surface area (Å²) in [5.74, 6) is -0.574. The molecule has 2 N–H and O–H groups in total. The Morgan fingerprint density at radius 1 is 0.492 bits per heavy atom. The molecule has 1 rings (SSSR count). The summed E-state index contributed by atoms with van der Waals surface area (Å²) in [5, 5.41) is 5.67. The van der Waals surface area contributed by atoms with Crippen LogP contribution in [0.4, 0.5) is 0 Å². The van der Waals surface area contributed by atoms with Gasteiger partial charge in [-0.15, -0.1) is 0 Å². The molecule has 2 amide bonds. The number of carbonyl (C=O) groups is 4. The van der Waals surface area contributed by atoms with E-state index in [0.717, 1.165) is 77.0 Å². The number of carbonyl (C=O) groups excluding carboxylic acids is 4. The highest BCUT2D eigenvalue weighted by Gasteiger charge is 2.31. The number of rotatable bonds is 40. The molecule has 0 spiro atoms. The number of hydrogen-bond donors (Lipinski definition) is 2. The number of ether oxygens (including phenoxy) is 2. The summed E-state index contributed by atoms with van der Waals surface area (Å²) in [6, 6.07) is -0.964. The third-order valence-electron chi connectivity index (χ3n) is 10.9. The highest BCUT2D eigenvalue weighted by Crippen LogP contribution is 2.12. The van der Waals surface area contributed by atoms with Crippen LogP contribution in [0.5, 0.6) is 0 Å². The lowest BCUT2D eigenvalue weighted by Crippen LogP contribution is -2.61. The molecular formula is C50H87N3O6. The number of unbranched alkanes of at least 4 members (excludes halogenated alkanes) is 17. The molecule has 2 unspecified atom stereocenters. The first-order valence-electron chi connectivity index (χ1n) is 24.1. The molecule has 0 bridgehead atoms. The van der Waals surface area contributed by atoms with Crippen LogP contribution >= 0.6 is 0 Å². The number of nitrogens with one attached hydrogen (secondary N) is 2. The fraction of sp³-hybridized carbons (Fsp3) is 0.760. The monoisotopic (exact) mass is 826 g/mol. The predicted octanol–water partition coefficient (Wildman–Crippen LogP) is 11.6. The lowest BCUT2D eigenvalue weighted by molar-refractivity contribution is -0.144. The molecule has 9 nitrogen and oxygen atoms in total. The fourth-order valence-electron chi connectivity index (χ4n) is 7.07.